The van der Waals surface area contributed by atoms with E-state index < -0.39 is 0 Å². The molecule has 2 aromatic rings. The Hall–Kier alpha value is -1.46. The maximum Gasteiger partial charge on any atom is 0.238 e. The summed E-state index contributed by atoms with van der Waals surface area (Å²) in [5.41, 5.74) is 2.05. The predicted molar refractivity (Wildman–Crippen MR) is 84.7 cm³/mol. The molecule has 0 spiro atoms. The molecule has 2 fully saturated rings. The number of nitrogens with one attached hydrogen (secondary N) is 1. The highest BCUT2D eigenvalue weighted by Gasteiger charge is 2.42. The molecule has 4 nitrogen and oxygen atoms in total. The van der Waals surface area contributed by atoms with E-state index in [1.165, 1.54) is 0 Å². The molecule has 2 atom stereocenters. The molecule has 108 valence electrons. The van der Waals surface area contributed by atoms with Crippen molar-refractivity contribution in [3.05, 3.63) is 40.5 Å². The van der Waals surface area contributed by atoms with Crippen LogP contribution in [0, 0.1) is 0 Å². The number of amides is 1. The SMILES string of the molecule is O=C1N[C@@H](c2ccc(Br)c3cccnc23)N2CCCC[C@@H]12. The second-order valence-corrected chi connectivity index (χ2v) is 6.55. The molecule has 4 rings (SSSR count). The Balaban J connectivity index is 1.83. The van der Waals surface area contributed by atoms with Crippen molar-refractivity contribution in [3.8, 4) is 0 Å². The van der Waals surface area contributed by atoms with E-state index in [1.54, 1.807) is 0 Å². The molecule has 1 N–H and O–H groups in total. The zero-order valence-corrected chi connectivity index (χ0v) is 13.1. The molecule has 21 heavy (non-hydrogen) atoms. The van der Waals surface area contributed by atoms with Gasteiger partial charge in [0, 0.05) is 28.2 Å². The summed E-state index contributed by atoms with van der Waals surface area (Å²) in [7, 11) is 0. The Bertz CT molecular complexity index is 718. The Labute approximate surface area is 131 Å². The summed E-state index contributed by atoms with van der Waals surface area (Å²) in [6.07, 6.45) is 5.02. The first-order valence-corrected chi connectivity index (χ1v) is 8.14. The number of nitrogens with zero attached hydrogens (tertiary/aromatic N) is 2. The fraction of sp³-hybridized carbons (Fsp3) is 0.375. The average molecular weight is 346 g/mol. The number of halogens is 1. The van der Waals surface area contributed by atoms with Crippen LogP contribution < -0.4 is 5.32 Å². The molecule has 0 aliphatic carbocycles. The zero-order valence-electron chi connectivity index (χ0n) is 11.6. The highest BCUT2D eigenvalue weighted by atomic mass is 79.9. The third-order valence-electron chi connectivity index (χ3n) is 4.50. The number of aromatic nitrogens is 1. The molecule has 0 unspecified atom stereocenters. The van der Waals surface area contributed by atoms with Gasteiger partial charge in [0.25, 0.3) is 0 Å². The summed E-state index contributed by atoms with van der Waals surface area (Å²) in [6, 6.07) is 8.14. The van der Waals surface area contributed by atoms with E-state index in [-0.39, 0.29) is 18.1 Å². The van der Waals surface area contributed by atoms with E-state index in [2.05, 4.69) is 43.3 Å². The fourth-order valence-corrected chi connectivity index (χ4v) is 3.95. The van der Waals surface area contributed by atoms with Crippen molar-refractivity contribution in [2.45, 2.75) is 31.5 Å². The number of benzene rings is 1. The molecular formula is C16H16BrN3O. The van der Waals surface area contributed by atoms with Crippen molar-refractivity contribution in [2.75, 3.05) is 6.54 Å². The Morgan fingerprint density at radius 3 is 3.10 bits per heavy atom. The van der Waals surface area contributed by atoms with Gasteiger partial charge in [-0.3, -0.25) is 14.7 Å². The molecule has 0 bridgehead atoms. The van der Waals surface area contributed by atoms with Crippen LogP contribution in [0.4, 0.5) is 0 Å². The number of carbonyl (C=O) groups excluding carboxylic acids is 1. The molecule has 1 aromatic heterocycles. The summed E-state index contributed by atoms with van der Waals surface area (Å²) in [5, 5.41) is 4.24. The number of rotatable bonds is 1. The minimum atomic E-state index is -0.0479. The number of pyridine rings is 1. The molecule has 0 radical (unpaired) electrons. The van der Waals surface area contributed by atoms with Crippen molar-refractivity contribution >= 4 is 32.7 Å². The molecule has 1 amide bonds. The zero-order chi connectivity index (χ0) is 14.4. The summed E-state index contributed by atoms with van der Waals surface area (Å²) in [5.74, 6) is 0.159. The van der Waals surface area contributed by atoms with Gasteiger partial charge in [0.1, 0.15) is 6.17 Å². The highest BCUT2D eigenvalue weighted by molar-refractivity contribution is 9.10. The summed E-state index contributed by atoms with van der Waals surface area (Å²) in [4.78, 5) is 19.0. The fourth-order valence-electron chi connectivity index (χ4n) is 3.50. The van der Waals surface area contributed by atoms with E-state index in [1.807, 2.05) is 18.3 Å². The molecule has 2 aliphatic rings. The highest BCUT2D eigenvalue weighted by Crippen LogP contribution is 2.36. The number of fused-ring (bicyclic) bond motifs is 2. The predicted octanol–water partition coefficient (Wildman–Crippen LogP) is 2.98. The van der Waals surface area contributed by atoms with Gasteiger partial charge < -0.3 is 5.32 Å². The van der Waals surface area contributed by atoms with Crippen molar-refractivity contribution in [2.24, 2.45) is 0 Å². The molecule has 2 saturated heterocycles. The van der Waals surface area contributed by atoms with E-state index in [0.717, 1.165) is 46.7 Å². The molecule has 1 aromatic carbocycles. The summed E-state index contributed by atoms with van der Waals surface area (Å²) < 4.78 is 1.04. The third-order valence-corrected chi connectivity index (χ3v) is 5.19. The largest absolute Gasteiger partial charge is 0.335 e. The molecular weight excluding hydrogens is 330 g/mol. The van der Waals surface area contributed by atoms with Crippen molar-refractivity contribution in [1.82, 2.24) is 15.2 Å². The lowest BCUT2D eigenvalue weighted by Gasteiger charge is -2.31. The summed E-state index contributed by atoms with van der Waals surface area (Å²) in [6.45, 7) is 0.971. The number of carbonyl (C=O) groups is 1. The van der Waals surface area contributed by atoms with Gasteiger partial charge in [-0.05, 0) is 25.0 Å². The van der Waals surface area contributed by atoms with E-state index in [9.17, 15) is 4.79 Å². The van der Waals surface area contributed by atoms with E-state index in [0.29, 0.717) is 0 Å². The van der Waals surface area contributed by atoms with Gasteiger partial charge in [-0.15, -0.1) is 0 Å². The van der Waals surface area contributed by atoms with Crippen LogP contribution >= 0.6 is 15.9 Å². The van der Waals surface area contributed by atoms with Gasteiger partial charge in [0.15, 0.2) is 0 Å². The van der Waals surface area contributed by atoms with Gasteiger partial charge in [-0.1, -0.05) is 34.5 Å². The minimum absolute atomic E-state index is 0.0335. The van der Waals surface area contributed by atoms with Crippen LogP contribution in [-0.2, 0) is 4.79 Å². The number of piperidine rings is 1. The van der Waals surface area contributed by atoms with Crippen LogP contribution in [0.2, 0.25) is 0 Å². The summed E-state index contributed by atoms with van der Waals surface area (Å²) >= 11 is 3.58. The van der Waals surface area contributed by atoms with Gasteiger partial charge in [-0.2, -0.15) is 0 Å². The maximum atomic E-state index is 12.2. The molecule has 5 heteroatoms. The smallest absolute Gasteiger partial charge is 0.238 e. The quantitative estimate of drug-likeness (QED) is 0.864. The van der Waals surface area contributed by atoms with Crippen molar-refractivity contribution in [3.63, 3.8) is 0 Å². The second-order valence-electron chi connectivity index (χ2n) is 5.70. The average Bonchev–Trinajstić information content (AvgIpc) is 2.86. The molecule has 0 saturated carbocycles. The van der Waals surface area contributed by atoms with Crippen LogP contribution in [0.25, 0.3) is 10.9 Å². The second kappa shape index (κ2) is 5.07. The van der Waals surface area contributed by atoms with E-state index in [4.69, 9.17) is 0 Å². The first-order chi connectivity index (χ1) is 10.3. The monoisotopic (exact) mass is 345 g/mol. The van der Waals surface area contributed by atoms with Crippen molar-refractivity contribution in [1.29, 1.82) is 0 Å². The van der Waals surface area contributed by atoms with Crippen LogP contribution in [0.3, 0.4) is 0 Å². The number of hydrogen-bond acceptors (Lipinski definition) is 3. The first kappa shape index (κ1) is 13.2. The Kier molecular flexibility index (Phi) is 3.19. The van der Waals surface area contributed by atoms with Crippen LogP contribution in [0.5, 0.6) is 0 Å². The van der Waals surface area contributed by atoms with Gasteiger partial charge in [-0.25, -0.2) is 0 Å². The molecule has 2 aliphatic heterocycles. The lowest BCUT2D eigenvalue weighted by atomic mass is 10.0. The Morgan fingerprint density at radius 2 is 2.19 bits per heavy atom. The first-order valence-electron chi connectivity index (χ1n) is 7.35. The van der Waals surface area contributed by atoms with E-state index >= 15 is 0 Å². The normalized spacial score (nSPS) is 25.9. The number of hydrogen-bond donors (Lipinski definition) is 1. The third kappa shape index (κ3) is 2.07. The minimum Gasteiger partial charge on any atom is -0.335 e. The van der Waals surface area contributed by atoms with Crippen LogP contribution in [-0.4, -0.2) is 28.4 Å². The van der Waals surface area contributed by atoms with Crippen LogP contribution in [0.1, 0.15) is 31.0 Å². The lowest BCUT2D eigenvalue weighted by Crippen LogP contribution is -2.38. The van der Waals surface area contributed by atoms with Gasteiger partial charge in [0.05, 0.1) is 11.6 Å². The van der Waals surface area contributed by atoms with Gasteiger partial charge in [0.2, 0.25) is 5.91 Å². The molecule has 3 heterocycles. The van der Waals surface area contributed by atoms with Gasteiger partial charge >= 0.3 is 0 Å². The maximum absolute atomic E-state index is 12.2. The van der Waals surface area contributed by atoms with Crippen LogP contribution in [0.15, 0.2) is 34.9 Å². The Morgan fingerprint density at radius 1 is 1.29 bits per heavy atom. The lowest BCUT2D eigenvalue weighted by molar-refractivity contribution is -0.122. The van der Waals surface area contributed by atoms with Crippen molar-refractivity contribution < 1.29 is 4.79 Å². The topological polar surface area (TPSA) is 45.2 Å². The standard InChI is InChI=1S/C16H16BrN3O/c17-12-7-6-11(14-10(12)4-3-8-18-14)15-19-16(21)13-5-1-2-9-20(13)15/h3-4,6-8,13,15H,1-2,5,9H2,(H,19,21)/t13-,15+/m0/s1.